The first-order chi connectivity index (χ1) is 13.4. The van der Waals surface area contributed by atoms with E-state index in [1.165, 1.54) is 18.2 Å². The van der Waals surface area contributed by atoms with E-state index < -0.39 is 17.0 Å². The van der Waals surface area contributed by atoms with Gasteiger partial charge in [0.05, 0.1) is 10.6 Å². The second-order valence-electron chi connectivity index (χ2n) is 6.02. The summed E-state index contributed by atoms with van der Waals surface area (Å²) in [6.45, 7) is 3.59. The van der Waals surface area contributed by atoms with Gasteiger partial charge < -0.3 is 9.84 Å². The first-order valence-corrected chi connectivity index (χ1v) is 9.47. The topological polar surface area (TPSA) is 92.5 Å². The number of hydrogen-bond donors (Lipinski definition) is 1. The van der Waals surface area contributed by atoms with Crippen LogP contribution < -0.4 is 5.32 Å². The first kappa shape index (κ1) is 19.8. The van der Waals surface area contributed by atoms with E-state index in [0.717, 1.165) is 16.7 Å². The number of aryl methyl sites for hydroxylation is 2. The third-order valence-electron chi connectivity index (χ3n) is 4.18. The molecule has 146 valence electrons. The number of hydrogen-bond acceptors (Lipinski definition) is 6. The van der Waals surface area contributed by atoms with E-state index in [1.54, 1.807) is 19.1 Å². The van der Waals surface area contributed by atoms with Gasteiger partial charge in [0.2, 0.25) is 0 Å². The van der Waals surface area contributed by atoms with Gasteiger partial charge in [-0.1, -0.05) is 30.3 Å². The molecule has 28 heavy (non-hydrogen) atoms. The van der Waals surface area contributed by atoms with E-state index in [2.05, 4.69) is 10.5 Å². The molecule has 0 aliphatic carbocycles. The number of thioether (sulfide) groups is 1. The molecule has 9 heteroatoms. The van der Waals surface area contributed by atoms with Crippen LogP contribution >= 0.6 is 11.8 Å². The average Bonchev–Trinajstić information content (AvgIpc) is 3.17. The number of halogens is 1. The molecule has 1 saturated heterocycles. The zero-order chi connectivity index (χ0) is 20.3. The standard InChI is InChI=1S/C19H18FN3O4S/c1-3-14-16(11(2)27-22-14)17(24)21-8-9-23-18(25)15(28-19(23)26)10-12-6-4-5-7-13(12)20/h4-7,10H,3,8-9H2,1-2H3,(H,21,24)/b15-10-. The van der Waals surface area contributed by atoms with Crippen molar-refractivity contribution in [1.29, 1.82) is 0 Å². The molecular weight excluding hydrogens is 385 g/mol. The van der Waals surface area contributed by atoms with Crippen molar-refractivity contribution < 1.29 is 23.3 Å². The second kappa shape index (κ2) is 8.39. The first-order valence-electron chi connectivity index (χ1n) is 8.65. The van der Waals surface area contributed by atoms with Crippen LogP contribution in [0, 0.1) is 12.7 Å². The Kier molecular flexibility index (Phi) is 5.93. The van der Waals surface area contributed by atoms with Crippen LogP contribution in [0.5, 0.6) is 0 Å². The molecule has 1 aliphatic rings. The molecule has 3 rings (SSSR count). The third kappa shape index (κ3) is 3.99. The van der Waals surface area contributed by atoms with Gasteiger partial charge in [-0.05, 0) is 37.2 Å². The lowest BCUT2D eigenvalue weighted by Crippen LogP contribution is -2.37. The molecule has 0 saturated carbocycles. The monoisotopic (exact) mass is 403 g/mol. The number of nitrogens with zero attached hydrogens (tertiary/aromatic N) is 2. The van der Waals surface area contributed by atoms with Crippen molar-refractivity contribution in [2.24, 2.45) is 0 Å². The summed E-state index contributed by atoms with van der Waals surface area (Å²) >= 11 is 0.745. The highest BCUT2D eigenvalue weighted by Gasteiger charge is 2.35. The van der Waals surface area contributed by atoms with Gasteiger partial charge in [-0.15, -0.1) is 0 Å². The van der Waals surface area contributed by atoms with Gasteiger partial charge in [0.1, 0.15) is 17.1 Å². The lowest BCUT2D eigenvalue weighted by atomic mass is 10.1. The average molecular weight is 403 g/mol. The lowest BCUT2D eigenvalue weighted by molar-refractivity contribution is -0.122. The van der Waals surface area contributed by atoms with Crippen molar-refractivity contribution >= 4 is 34.9 Å². The Morgan fingerprint density at radius 2 is 2.11 bits per heavy atom. The van der Waals surface area contributed by atoms with E-state index in [4.69, 9.17) is 4.52 Å². The summed E-state index contributed by atoms with van der Waals surface area (Å²) in [7, 11) is 0. The maximum absolute atomic E-state index is 13.8. The van der Waals surface area contributed by atoms with Gasteiger partial charge in [0.15, 0.2) is 0 Å². The van der Waals surface area contributed by atoms with Crippen molar-refractivity contribution in [1.82, 2.24) is 15.4 Å². The third-order valence-corrected chi connectivity index (χ3v) is 5.09. The minimum Gasteiger partial charge on any atom is -0.361 e. The van der Waals surface area contributed by atoms with Crippen LogP contribution in [0.1, 0.15) is 34.3 Å². The van der Waals surface area contributed by atoms with Gasteiger partial charge in [0, 0.05) is 18.7 Å². The van der Waals surface area contributed by atoms with Crippen LogP contribution in [0.25, 0.3) is 6.08 Å². The molecule has 1 aliphatic heterocycles. The molecule has 2 heterocycles. The van der Waals surface area contributed by atoms with E-state index in [1.807, 2.05) is 6.92 Å². The molecular formula is C19H18FN3O4S. The molecule has 0 atom stereocenters. The molecule has 1 aromatic carbocycles. The van der Waals surface area contributed by atoms with Gasteiger partial charge in [-0.2, -0.15) is 0 Å². The number of imide groups is 1. The highest BCUT2D eigenvalue weighted by Crippen LogP contribution is 2.32. The minimum atomic E-state index is -0.511. The van der Waals surface area contributed by atoms with Gasteiger partial charge in [-0.3, -0.25) is 19.3 Å². The number of carbonyl (C=O) groups excluding carboxylic acids is 3. The number of amides is 3. The van der Waals surface area contributed by atoms with Crippen LogP contribution in [-0.4, -0.2) is 40.2 Å². The molecule has 3 amide bonds. The van der Waals surface area contributed by atoms with E-state index in [0.29, 0.717) is 23.4 Å². The minimum absolute atomic E-state index is 0.0107. The summed E-state index contributed by atoms with van der Waals surface area (Å²) in [5.74, 6) is -0.946. The number of nitrogens with one attached hydrogen (secondary N) is 1. The van der Waals surface area contributed by atoms with Gasteiger partial charge in [-0.25, -0.2) is 4.39 Å². The Morgan fingerprint density at radius 3 is 2.82 bits per heavy atom. The summed E-state index contributed by atoms with van der Waals surface area (Å²) in [5, 5.41) is 6.03. The molecule has 7 nitrogen and oxygen atoms in total. The zero-order valence-corrected chi connectivity index (χ0v) is 16.1. The van der Waals surface area contributed by atoms with Crippen LogP contribution in [0.15, 0.2) is 33.7 Å². The Morgan fingerprint density at radius 1 is 1.36 bits per heavy atom. The molecule has 0 bridgehead atoms. The quantitative estimate of drug-likeness (QED) is 0.745. The molecule has 0 radical (unpaired) electrons. The van der Waals surface area contributed by atoms with Gasteiger partial charge >= 0.3 is 0 Å². The molecule has 0 spiro atoms. The number of benzene rings is 1. The van der Waals surface area contributed by atoms with E-state index in [9.17, 15) is 18.8 Å². The van der Waals surface area contributed by atoms with Crippen LogP contribution in [-0.2, 0) is 11.2 Å². The number of aromatic nitrogens is 1. The SMILES string of the molecule is CCc1noc(C)c1C(=O)NCCN1C(=O)S/C(=C\c2ccccc2F)C1=O. The van der Waals surface area contributed by atoms with E-state index >= 15 is 0 Å². The summed E-state index contributed by atoms with van der Waals surface area (Å²) in [4.78, 5) is 38.1. The van der Waals surface area contributed by atoms with Crippen LogP contribution in [0.2, 0.25) is 0 Å². The second-order valence-corrected chi connectivity index (χ2v) is 7.02. The molecule has 1 fully saturated rings. The Labute approximate surface area is 164 Å². The van der Waals surface area contributed by atoms with Crippen molar-refractivity contribution in [2.45, 2.75) is 20.3 Å². The lowest BCUT2D eigenvalue weighted by Gasteiger charge is -2.13. The molecule has 1 aromatic heterocycles. The van der Waals surface area contributed by atoms with E-state index in [-0.39, 0.29) is 29.5 Å². The molecule has 1 N–H and O–H groups in total. The Bertz CT molecular complexity index is 970. The highest BCUT2D eigenvalue weighted by molar-refractivity contribution is 8.18. The Balaban J connectivity index is 1.63. The predicted molar refractivity (Wildman–Crippen MR) is 102 cm³/mol. The van der Waals surface area contributed by atoms with Crippen molar-refractivity contribution in [2.75, 3.05) is 13.1 Å². The zero-order valence-electron chi connectivity index (χ0n) is 15.3. The largest absolute Gasteiger partial charge is 0.361 e. The molecule has 0 unspecified atom stereocenters. The number of rotatable bonds is 6. The summed E-state index contributed by atoms with van der Waals surface area (Å²) in [6.07, 6.45) is 1.90. The summed E-state index contributed by atoms with van der Waals surface area (Å²) < 4.78 is 18.8. The predicted octanol–water partition coefficient (Wildman–Crippen LogP) is 3.15. The maximum Gasteiger partial charge on any atom is 0.293 e. The van der Waals surface area contributed by atoms with Crippen molar-refractivity contribution in [3.63, 3.8) is 0 Å². The normalized spacial score (nSPS) is 15.5. The smallest absolute Gasteiger partial charge is 0.293 e. The fraction of sp³-hybridized carbons (Fsp3) is 0.263. The van der Waals surface area contributed by atoms with Crippen LogP contribution in [0.3, 0.4) is 0 Å². The van der Waals surface area contributed by atoms with Crippen LogP contribution in [0.4, 0.5) is 9.18 Å². The number of carbonyl (C=O) groups is 3. The van der Waals surface area contributed by atoms with Crippen molar-refractivity contribution in [3.8, 4) is 0 Å². The maximum atomic E-state index is 13.8. The fourth-order valence-corrected chi connectivity index (χ4v) is 3.60. The fourth-order valence-electron chi connectivity index (χ4n) is 2.75. The summed E-state index contributed by atoms with van der Waals surface area (Å²) in [5.41, 5.74) is 1.15. The van der Waals surface area contributed by atoms with Gasteiger partial charge in [0.25, 0.3) is 17.1 Å². The summed E-state index contributed by atoms with van der Waals surface area (Å²) in [6, 6.07) is 5.99. The van der Waals surface area contributed by atoms with Crippen molar-refractivity contribution in [3.05, 3.63) is 57.6 Å². The molecule has 2 aromatic rings. The Hall–Kier alpha value is -2.94. The highest BCUT2D eigenvalue weighted by atomic mass is 32.2.